The number of fused-ring (bicyclic) bond motifs is 2. The van der Waals surface area contributed by atoms with Gasteiger partial charge in [-0.05, 0) is 77.2 Å². The number of pyridine rings is 1. The zero-order valence-electron chi connectivity index (χ0n) is 24.2. The van der Waals surface area contributed by atoms with Gasteiger partial charge in [-0.25, -0.2) is 12.8 Å². The van der Waals surface area contributed by atoms with E-state index in [1.54, 1.807) is 18.5 Å². The third-order valence-electron chi connectivity index (χ3n) is 7.62. The van der Waals surface area contributed by atoms with Gasteiger partial charge < -0.3 is 16.0 Å². The molecular formula is C33H31FN6O3S. The molecule has 11 heteroatoms. The molecule has 224 valence electrons. The van der Waals surface area contributed by atoms with E-state index in [1.807, 2.05) is 55.5 Å². The maximum absolute atomic E-state index is 14.7. The largest absolute Gasteiger partial charge is 0.353 e. The van der Waals surface area contributed by atoms with Gasteiger partial charge >= 0.3 is 0 Å². The van der Waals surface area contributed by atoms with Crippen molar-refractivity contribution in [2.24, 2.45) is 5.73 Å². The summed E-state index contributed by atoms with van der Waals surface area (Å²) in [5.74, 6) is -0.612. The molecule has 0 spiro atoms. The first-order chi connectivity index (χ1) is 21.1. The van der Waals surface area contributed by atoms with E-state index < -0.39 is 21.0 Å². The summed E-state index contributed by atoms with van der Waals surface area (Å²) in [4.78, 5) is 20.0. The molecule has 6 aromatic rings. The quantitative estimate of drug-likeness (QED) is 0.143. The van der Waals surface area contributed by atoms with Crippen molar-refractivity contribution in [2.75, 3.05) is 11.6 Å². The number of nitrogens with zero attached hydrogens (tertiary/aromatic N) is 2. The van der Waals surface area contributed by atoms with Crippen LogP contribution in [0.15, 0.2) is 79.1 Å². The topological polar surface area (TPSA) is 147 Å². The average molecular weight is 611 g/mol. The van der Waals surface area contributed by atoms with Gasteiger partial charge in [-0.2, -0.15) is 5.10 Å². The summed E-state index contributed by atoms with van der Waals surface area (Å²) >= 11 is 0. The van der Waals surface area contributed by atoms with Crippen molar-refractivity contribution in [3.05, 3.63) is 90.5 Å². The lowest BCUT2D eigenvalue weighted by Gasteiger charge is -2.12. The van der Waals surface area contributed by atoms with E-state index in [9.17, 15) is 17.6 Å². The van der Waals surface area contributed by atoms with Crippen molar-refractivity contribution in [1.29, 1.82) is 0 Å². The molecule has 0 fully saturated rings. The fourth-order valence-corrected chi connectivity index (χ4v) is 5.97. The lowest BCUT2D eigenvalue weighted by molar-refractivity contribution is -0.116. The second-order valence-corrected chi connectivity index (χ2v) is 13.1. The molecule has 1 unspecified atom stereocenters. The number of aromatic nitrogens is 4. The number of nitrogens with one attached hydrogen (secondary N) is 3. The SMILES string of the molecule is CCCCC(=O)Nc1cncc(-c2ccc3[nH]nc(-c4cc5c(-c6cc(F)cc(C(N)S(C)(=O)=O)c6)cccc5[nH]4)c3c2)c1. The number of hydrogen-bond acceptors (Lipinski definition) is 6. The van der Waals surface area contributed by atoms with Crippen molar-refractivity contribution in [3.63, 3.8) is 0 Å². The highest BCUT2D eigenvalue weighted by molar-refractivity contribution is 7.90. The second kappa shape index (κ2) is 11.7. The number of rotatable bonds is 9. The summed E-state index contributed by atoms with van der Waals surface area (Å²) in [6, 6.07) is 19.5. The first-order valence-electron chi connectivity index (χ1n) is 14.2. The lowest BCUT2D eigenvalue weighted by Crippen LogP contribution is -2.20. The lowest BCUT2D eigenvalue weighted by atomic mass is 9.99. The van der Waals surface area contributed by atoms with Crippen LogP contribution < -0.4 is 11.1 Å². The second-order valence-electron chi connectivity index (χ2n) is 10.9. The van der Waals surface area contributed by atoms with E-state index in [1.165, 1.54) is 6.07 Å². The fraction of sp³-hybridized carbons (Fsp3) is 0.182. The van der Waals surface area contributed by atoms with Crippen molar-refractivity contribution in [1.82, 2.24) is 20.2 Å². The molecule has 0 aliphatic carbocycles. The van der Waals surface area contributed by atoms with E-state index in [2.05, 4.69) is 25.5 Å². The van der Waals surface area contributed by atoms with E-state index in [0.717, 1.165) is 69.4 Å². The maximum Gasteiger partial charge on any atom is 0.224 e. The van der Waals surface area contributed by atoms with Gasteiger partial charge in [0.25, 0.3) is 0 Å². The number of unbranched alkanes of at least 4 members (excludes halogenated alkanes) is 1. The van der Waals surface area contributed by atoms with Gasteiger partial charge in [-0.15, -0.1) is 0 Å². The minimum Gasteiger partial charge on any atom is -0.353 e. The number of benzene rings is 3. The summed E-state index contributed by atoms with van der Waals surface area (Å²) in [6.07, 6.45) is 6.65. The van der Waals surface area contributed by atoms with Crippen LogP contribution in [0.25, 0.3) is 55.4 Å². The predicted molar refractivity (Wildman–Crippen MR) is 172 cm³/mol. The van der Waals surface area contributed by atoms with Crippen LogP contribution in [0.2, 0.25) is 0 Å². The molecule has 1 atom stereocenters. The van der Waals surface area contributed by atoms with Crippen LogP contribution in [0.3, 0.4) is 0 Å². The number of amides is 1. The molecular weight excluding hydrogens is 579 g/mol. The fourth-order valence-electron chi connectivity index (χ4n) is 5.34. The normalized spacial score (nSPS) is 12.5. The molecule has 0 bridgehead atoms. The van der Waals surface area contributed by atoms with Crippen LogP contribution in [0.1, 0.15) is 37.1 Å². The van der Waals surface area contributed by atoms with E-state index >= 15 is 0 Å². The van der Waals surface area contributed by atoms with Gasteiger partial charge in [0, 0.05) is 40.7 Å². The van der Waals surface area contributed by atoms with Gasteiger partial charge in [-0.1, -0.05) is 31.5 Å². The number of sulfone groups is 1. The summed E-state index contributed by atoms with van der Waals surface area (Å²) in [5.41, 5.74) is 12.8. The number of hydrogen-bond donors (Lipinski definition) is 4. The van der Waals surface area contributed by atoms with E-state index in [0.29, 0.717) is 23.4 Å². The number of halogens is 1. The number of nitrogens with two attached hydrogens (primary N) is 1. The Bertz CT molecular complexity index is 2140. The molecule has 3 aromatic heterocycles. The Labute approximate surface area is 253 Å². The van der Waals surface area contributed by atoms with Crippen LogP contribution in [0.5, 0.6) is 0 Å². The zero-order valence-corrected chi connectivity index (χ0v) is 25.0. The third kappa shape index (κ3) is 5.84. The van der Waals surface area contributed by atoms with Crippen LogP contribution in [-0.2, 0) is 14.6 Å². The first kappa shape index (κ1) is 29.2. The summed E-state index contributed by atoms with van der Waals surface area (Å²) in [7, 11) is -3.62. The molecule has 0 saturated heterocycles. The summed E-state index contributed by atoms with van der Waals surface area (Å²) < 4.78 is 38.8. The Morgan fingerprint density at radius 3 is 2.61 bits per heavy atom. The maximum atomic E-state index is 14.7. The van der Waals surface area contributed by atoms with Gasteiger partial charge in [0.15, 0.2) is 9.84 Å². The molecule has 0 saturated carbocycles. The third-order valence-corrected chi connectivity index (χ3v) is 8.81. The Hall–Kier alpha value is -4.87. The predicted octanol–water partition coefficient (Wildman–Crippen LogP) is 6.71. The smallest absolute Gasteiger partial charge is 0.224 e. The Morgan fingerprint density at radius 1 is 0.977 bits per heavy atom. The molecule has 9 nitrogen and oxygen atoms in total. The van der Waals surface area contributed by atoms with Crippen molar-refractivity contribution < 1.29 is 17.6 Å². The number of anilines is 1. The van der Waals surface area contributed by atoms with E-state index in [-0.39, 0.29) is 11.5 Å². The summed E-state index contributed by atoms with van der Waals surface area (Å²) in [5, 5.41) is 11.0. The molecule has 3 aromatic carbocycles. The summed E-state index contributed by atoms with van der Waals surface area (Å²) in [6.45, 7) is 2.05. The molecule has 0 aliphatic rings. The average Bonchev–Trinajstić information content (AvgIpc) is 3.62. The van der Waals surface area contributed by atoms with Crippen LogP contribution in [-0.4, -0.2) is 40.7 Å². The molecule has 44 heavy (non-hydrogen) atoms. The highest BCUT2D eigenvalue weighted by Crippen LogP contribution is 2.36. The monoisotopic (exact) mass is 610 g/mol. The Kier molecular flexibility index (Phi) is 7.74. The molecule has 0 radical (unpaired) electrons. The molecule has 6 rings (SSSR count). The number of H-pyrrole nitrogens is 2. The Balaban J connectivity index is 1.38. The van der Waals surface area contributed by atoms with Gasteiger partial charge in [0.05, 0.1) is 23.1 Å². The molecule has 5 N–H and O–H groups in total. The van der Waals surface area contributed by atoms with Crippen molar-refractivity contribution in [3.8, 4) is 33.6 Å². The standard InChI is InChI=1S/C33H31FN6O3S/c1-3-4-8-31(41)37-24-14-22(17-36-18-24)19-9-10-29-27(15-19)32(40-39-29)30-16-26-25(6-5-7-28(26)38-30)20-11-21(13-23(34)12-20)33(35)44(2,42)43/h5-7,9-18,33,38H,3-4,8,35H2,1-2H3,(H,37,41)(H,39,40). The van der Waals surface area contributed by atoms with Gasteiger partial charge in [0.1, 0.15) is 16.9 Å². The minimum atomic E-state index is -3.62. The Morgan fingerprint density at radius 2 is 1.82 bits per heavy atom. The van der Waals surface area contributed by atoms with Crippen LogP contribution in [0, 0.1) is 5.82 Å². The highest BCUT2D eigenvalue weighted by atomic mass is 32.2. The number of aromatic amines is 2. The number of carbonyl (C=O) groups excluding carboxylic acids is 1. The number of carbonyl (C=O) groups is 1. The first-order valence-corrected chi connectivity index (χ1v) is 16.2. The van der Waals surface area contributed by atoms with E-state index in [4.69, 9.17) is 5.73 Å². The van der Waals surface area contributed by atoms with Gasteiger partial charge in [0.2, 0.25) is 5.91 Å². The highest BCUT2D eigenvalue weighted by Gasteiger charge is 2.21. The minimum absolute atomic E-state index is 0.0377. The van der Waals surface area contributed by atoms with Crippen LogP contribution in [0.4, 0.5) is 10.1 Å². The van der Waals surface area contributed by atoms with Crippen molar-refractivity contribution in [2.45, 2.75) is 31.6 Å². The zero-order chi connectivity index (χ0) is 31.0. The molecule has 0 aliphatic heterocycles. The van der Waals surface area contributed by atoms with Crippen molar-refractivity contribution >= 4 is 43.2 Å². The molecule has 1 amide bonds. The van der Waals surface area contributed by atoms with Gasteiger partial charge in [-0.3, -0.25) is 14.9 Å². The molecule has 3 heterocycles. The van der Waals surface area contributed by atoms with Crippen LogP contribution >= 0.6 is 0 Å².